The van der Waals surface area contributed by atoms with E-state index in [1.54, 1.807) is 24.3 Å². The highest BCUT2D eigenvalue weighted by atomic mass is 27.1. The maximum atomic E-state index is 12.5. The van der Waals surface area contributed by atoms with Crippen LogP contribution in [0, 0.1) is 0 Å². The standard InChI is InChI=1S/C14H9F3O2.Al/c15-14(16,17)13(19)8-12(18)11-6-5-9-3-1-2-4-10(9)7-11;/h1-8,19H;/q;+1/p-1. The fourth-order valence-electron chi connectivity index (χ4n) is 1.73. The van der Waals surface area contributed by atoms with Gasteiger partial charge in [0.25, 0.3) is 0 Å². The van der Waals surface area contributed by atoms with Crippen molar-refractivity contribution in [1.82, 2.24) is 0 Å². The van der Waals surface area contributed by atoms with Crippen molar-refractivity contribution in [2.75, 3.05) is 0 Å². The molecule has 2 rings (SSSR count). The zero-order valence-corrected chi connectivity index (χ0v) is 11.3. The van der Waals surface area contributed by atoms with Gasteiger partial charge in [-0.2, -0.15) is 13.2 Å². The van der Waals surface area contributed by atoms with Crippen molar-refractivity contribution in [3.8, 4) is 0 Å². The molecule has 20 heavy (non-hydrogen) atoms. The van der Waals surface area contributed by atoms with Crippen LogP contribution >= 0.6 is 0 Å². The van der Waals surface area contributed by atoms with Crippen molar-refractivity contribution in [2.24, 2.45) is 0 Å². The van der Waals surface area contributed by atoms with Crippen molar-refractivity contribution in [3.05, 3.63) is 59.9 Å². The van der Waals surface area contributed by atoms with Crippen molar-refractivity contribution in [1.29, 1.82) is 0 Å². The van der Waals surface area contributed by atoms with Crippen LogP contribution in [-0.4, -0.2) is 28.6 Å². The normalized spacial score (nSPS) is 12.4. The summed E-state index contributed by atoms with van der Waals surface area (Å²) in [5.74, 6) is -2.11. The number of allylic oxidation sites excluding steroid dienone is 2. The molecule has 2 aromatic rings. The third-order valence-electron chi connectivity index (χ3n) is 2.70. The van der Waals surface area contributed by atoms with Gasteiger partial charge < -0.3 is 3.79 Å². The molecule has 2 aromatic carbocycles. The molecule has 0 N–H and O–H groups in total. The molecule has 0 spiro atoms. The van der Waals surface area contributed by atoms with E-state index < -0.39 is 17.7 Å². The molecular formula is C14H8AlF3O2. The van der Waals surface area contributed by atoms with E-state index >= 15 is 0 Å². The molecule has 0 aliphatic rings. The molecule has 0 saturated carbocycles. The van der Waals surface area contributed by atoms with Gasteiger partial charge in [-0.3, -0.25) is 4.79 Å². The molecule has 0 fully saturated rings. The lowest BCUT2D eigenvalue weighted by Gasteiger charge is -2.11. The van der Waals surface area contributed by atoms with E-state index in [2.05, 4.69) is 3.79 Å². The number of hydrogen-bond donors (Lipinski definition) is 0. The number of benzene rings is 2. The highest BCUT2D eigenvalue weighted by Gasteiger charge is 2.34. The van der Waals surface area contributed by atoms with Crippen LogP contribution in [0.15, 0.2) is 54.3 Å². The third-order valence-corrected chi connectivity index (χ3v) is 2.96. The number of ketones is 1. The lowest BCUT2D eigenvalue weighted by molar-refractivity contribution is -0.115. The second kappa shape index (κ2) is 5.70. The quantitative estimate of drug-likeness (QED) is 0.374. The van der Waals surface area contributed by atoms with Gasteiger partial charge in [0.1, 0.15) is 0 Å². The van der Waals surface area contributed by atoms with Gasteiger partial charge in [0.15, 0.2) is 11.5 Å². The predicted molar refractivity (Wildman–Crippen MR) is 69.3 cm³/mol. The van der Waals surface area contributed by atoms with Crippen LogP contribution in [0.25, 0.3) is 10.8 Å². The molecule has 0 aliphatic heterocycles. The summed E-state index contributed by atoms with van der Waals surface area (Å²) in [5.41, 5.74) is 0.174. The summed E-state index contributed by atoms with van der Waals surface area (Å²) in [4.78, 5) is 11.8. The first kappa shape index (κ1) is 14.6. The molecule has 2 radical (unpaired) electrons. The minimum absolute atomic E-state index is 0.174. The topological polar surface area (TPSA) is 26.3 Å². The fourth-order valence-corrected chi connectivity index (χ4v) is 1.93. The van der Waals surface area contributed by atoms with E-state index in [1.807, 2.05) is 12.1 Å². The number of carbonyl (C=O) groups is 1. The Morgan fingerprint density at radius 2 is 1.75 bits per heavy atom. The lowest BCUT2D eigenvalue weighted by atomic mass is 10.0. The van der Waals surface area contributed by atoms with Gasteiger partial charge in [-0.1, -0.05) is 36.4 Å². The van der Waals surface area contributed by atoms with Crippen molar-refractivity contribution < 1.29 is 21.8 Å². The molecule has 0 atom stereocenters. The van der Waals surface area contributed by atoms with Crippen LogP contribution in [0.2, 0.25) is 0 Å². The number of carbonyl (C=O) groups excluding carboxylic acids is 1. The lowest BCUT2D eigenvalue weighted by Crippen LogP contribution is -2.15. The first-order valence-electron chi connectivity index (χ1n) is 5.60. The molecule has 100 valence electrons. The molecule has 0 aromatic heterocycles. The number of halogens is 3. The minimum Gasteiger partial charge on any atom is -0.650 e. The highest BCUT2D eigenvalue weighted by Crippen LogP contribution is 2.26. The summed E-state index contributed by atoms with van der Waals surface area (Å²) in [5, 5.41) is 1.69. The van der Waals surface area contributed by atoms with E-state index in [9.17, 15) is 18.0 Å². The van der Waals surface area contributed by atoms with Crippen LogP contribution < -0.4 is 0 Å². The maximum Gasteiger partial charge on any atom is 0.482 e. The van der Waals surface area contributed by atoms with Gasteiger partial charge in [-0.25, -0.2) is 0 Å². The molecule has 0 heterocycles. The Morgan fingerprint density at radius 1 is 1.10 bits per heavy atom. The van der Waals surface area contributed by atoms with Gasteiger partial charge in [0.05, 0.1) is 0 Å². The van der Waals surface area contributed by atoms with Gasteiger partial charge in [-0.05, 0) is 16.8 Å². The molecule has 0 bridgehead atoms. The van der Waals surface area contributed by atoms with Crippen molar-refractivity contribution in [3.63, 3.8) is 0 Å². The van der Waals surface area contributed by atoms with Gasteiger partial charge >= 0.3 is 22.8 Å². The first-order valence-corrected chi connectivity index (χ1v) is 6.08. The van der Waals surface area contributed by atoms with Crippen LogP contribution in [0.1, 0.15) is 10.4 Å². The molecule has 0 saturated heterocycles. The summed E-state index contributed by atoms with van der Waals surface area (Å²) in [6.45, 7) is 0. The van der Waals surface area contributed by atoms with Gasteiger partial charge in [0.2, 0.25) is 0 Å². The maximum absolute atomic E-state index is 12.5. The Hall–Kier alpha value is -1.77. The van der Waals surface area contributed by atoms with Crippen LogP contribution in [0.5, 0.6) is 0 Å². The molecule has 0 aliphatic carbocycles. The third kappa shape index (κ3) is 3.21. The molecular weight excluding hydrogens is 284 g/mol. The van der Waals surface area contributed by atoms with Crippen LogP contribution in [0.3, 0.4) is 0 Å². The average Bonchev–Trinajstić information content (AvgIpc) is 2.42. The smallest absolute Gasteiger partial charge is 0.482 e. The van der Waals surface area contributed by atoms with Gasteiger partial charge in [0, 0.05) is 11.6 Å². The fraction of sp³-hybridized carbons (Fsp3) is 0.0714. The summed E-state index contributed by atoms with van der Waals surface area (Å²) < 4.78 is 41.6. The monoisotopic (exact) mass is 292 g/mol. The Kier molecular flexibility index (Phi) is 4.17. The van der Waals surface area contributed by atoms with E-state index in [0.717, 1.165) is 10.8 Å². The zero-order valence-electron chi connectivity index (χ0n) is 10.1. The van der Waals surface area contributed by atoms with Crippen molar-refractivity contribution in [2.45, 2.75) is 6.18 Å². The first-order chi connectivity index (χ1) is 9.41. The Labute approximate surface area is 121 Å². The summed E-state index contributed by atoms with van der Waals surface area (Å²) >= 11 is 1.49. The minimum atomic E-state index is -4.70. The SMILES string of the molecule is O=C(C=C([O][Al])C(F)(F)F)c1ccc2ccccc2c1. The number of hydrogen-bond acceptors (Lipinski definition) is 2. The largest absolute Gasteiger partial charge is 0.650 e. The zero-order chi connectivity index (χ0) is 14.8. The molecule has 0 unspecified atom stereocenters. The summed E-state index contributed by atoms with van der Waals surface area (Å²) in [6.07, 6.45) is -4.26. The van der Waals surface area contributed by atoms with E-state index in [0.29, 0.717) is 6.08 Å². The van der Waals surface area contributed by atoms with E-state index in [4.69, 9.17) is 0 Å². The number of rotatable bonds is 3. The van der Waals surface area contributed by atoms with Crippen LogP contribution in [0.4, 0.5) is 13.2 Å². The Bertz CT molecular complexity index is 677. The summed E-state index contributed by atoms with van der Waals surface area (Å²) in [7, 11) is 0. The second-order valence-corrected chi connectivity index (χ2v) is 4.29. The second-order valence-electron chi connectivity index (χ2n) is 4.05. The number of alkyl halides is 3. The Morgan fingerprint density at radius 3 is 2.35 bits per heavy atom. The Balaban J connectivity index is 2.38. The average molecular weight is 292 g/mol. The van der Waals surface area contributed by atoms with Gasteiger partial charge in [-0.15, -0.1) is 0 Å². The molecule has 2 nitrogen and oxygen atoms in total. The summed E-state index contributed by atoms with van der Waals surface area (Å²) in [6, 6.07) is 12.0. The molecule has 0 amide bonds. The van der Waals surface area contributed by atoms with E-state index in [1.165, 1.54) is 22.7 Å². The van der Waals surface area contributed by atoms with Crippen molar-refractivity contribution >= 4 is 33.2 Å². The van der Waals surface area contributed by atoms with E-state index in [-0.39, 0.29) is 5.56 Å². The predicted octanol–water partition coefficient (Wildman–Crippen LogP) is 3.57. The highest BCUT2D eigenvalue weighted by molar-refractivity contribution is 6.07. The van der Waals surface area contributed by atoms with Crippen LogP contribution in [-0.2, 0) is 3.79 Å². The number of fused-ring (bicyclic) bond motifs is 1. The molecule has 6 heteroatoms.